The highest BCUT2D eigenvalue weighted by Crippen LogP contribution is 2.49. The highest BCUT2D eigenvalue weighted by atomic mass is 79.9. The smallest absolute Gasteiger partial charge is 0.411 e. The van der Waals surface area contributed by atoms with E-state index in [-0.39, 0.29) is 12.1 Å². The van der Waals surface area contributed by atoms with Crippen molar-refractivity contribution >= 4 is 33.3 Å². The zero-order valence-corrected chi connectivity index (χ0v) is 16.4. The molecule has 25 heavy (non-hydrogen) atoms. The average Bonchev–Trinajstić information content (AvgIpc) is 2.97. The maximum atomic E-state index is 12.7. The number of rotatable bonds is 2. The lowest BCUT2D eigenvalue weighted by Crippen LogP contribution is -2.45. The van der Waals surface area contributed by atoms with Crippen molar-refractivity contribution in [3.63, 3.8) is 0 Å². The molecule has 0 radical (unpaired) electrons. The Balaban J connectivity index is 1.47. The predicted octanol–water partition coefficient (Wildman–Crippen LogP) is 5.03. The number of ether oxygens (including phenoxy) is 1. The van der Waals surface area contributed by atoms with Crippen LogP contribution in [0.1, 0.15) is 45.6 Å². The fourth-order valence-electron chi connectivity index (χ4n) is 3.82. The first-order valence-electron chi connectivity index (χ1n) is 8.85. The molecule has 2 fully saturated rings. The van der Waals surface area contributed by atoms with Crippen molar-refractivity contribution in [2.45, 2.75) is 57.7 Å². The fourth-order valence-corrected chi connectivity index (χ4v) is 4.09. The van der Waals surface area contributed by atoms with Crippen LogP contribution in [0.2, 0.25) is 0 Å². The Hall–Kier alpha value is -1.62. The molecular weight excluding hydrogens is 380 g/mol. The monoisotopic (exact) mass is 402 g/mol. The van der Waals surface area contributed by atoms with Crippen LogP contribution in [0.15, 0.2) is 39.9 Å². The van der Waals surface area contributed by atoms with Gasteiger partial charge in [0, 0.05) is 28.8 Å². The van der Waals surface area contributed by atoms with Crippen LogP contribution in [-0.4, -0.2) is 34.4 Å². The first kappa shape index (κ1) is 16.8. The summed E-state index contributed by atoms with van der Waals surface area (Å²) >= 11 is 3.47. The molecule has 0 aromatic heterocycles. The summed E-state index contributed by atoms with van der Waals surface area (Å²) in [6.07, 6.45) is 4.70. The molecule has 0 bridgehead atoms. The van der Waals surface area contributed by atoms with Crippen molar-refractivity contribution in [1.82, 2.24) is 4.90 Å². The van der Waals surface area contributed by atoms with Crippen LogP contribution in [0.5, 0.6) is 0 Å². The molecular formula is C20H23BrN2O2. The Morgan fingerprint density at radius 1 is 1.24 bits per heavy atom. The topological polar surface area (TPSA) is 41.9 Å². The van der Waals surface area contributed by atoms with Gasteiger partial charge in [-0.25, -0.2) is 4.79 Å². The minimum Gasteiger partial charge on any atom is -0.444 e. The van der Waals surface area contributed by atoms with Crippen LogP contribution < -0.4 is 0 Å². The van der Waals surface area contributed by atoms with Crippen molar-refractivity contribution in [2.75, 3.05) is 0 Å². The number of benzene rings is 1. The number of halogens is 1. The maximum Gasteiger partial charge on any atom is 0.411 e. The molecule has 0 N–H and O–H groups in total. The zero-order valence-electron chi connectivity index (χ0n) is 14.8. The Morgan fingerprint density at radius 2 is 1.96 bits per heavy atom. The van der Waals surface area contributed by atoms with Crippen molar-refractivity contribution < 1.29 is 9.53 Å². The quantitative estimate of drug-likeness (QED) is 0.695. The number of hydrogen-bond donors (Lipinski definition) is 0. The molecule has 3 aliphatic rings. The summed E-state index contributed by atoms with van der Waals surface area (Å²) in [6.45, 7) is 5.75. The van der Waals surface area contributed by atoms with Gasteiger partial charge in [0.1, 0.15) is 5.60 Å². The van der Waals surface area contributed by atoms with E-state index in [0.717, 1.165) is 29.4 Å². The SMILES string of the molecule is CC(C)(C)OC(=O)N1[C@@H]2C[C@@H]2C[C@H]1C1=NC=C(c2ccc(Br)cc2)C1. The summed E-state index contributed by atoms with van der Waals surface area (Å²) in [4.78, 5) is 19.3. The fraction of sp³-hybridized carbons (Fsp3) is 0.500. The second-order valence-corrected chi connectivity index (χ2v) is 9.08. The molecule has 5 heteroatoms. The molecule has 4 nitrogen and oxygen atoms in total. The van der Waals surface area contributed by atoms with Gasteiger partial charge < -0.3 is 4.74 Å². The Kier molecular flexibility index (Phi) is 4.02. The molecule has 2 heterocycles. The molecule has 1 saturated carbocycles. The lowest BCUT2D eigenvalue weighted by atomic mass is 9.98. The van der Waals surface area contributed by atoms with Crippen molar-refractivity contribution in [3.8, 4) is 0 Å². The number of likely N-dealkylation sites (tertiary alicyclic amines) is 1. The molecule has 1 saturated heterocycles. The van der Waals surface area contributed by atoms with E-state index in [2.05, 4.69) is 33.1 Å². The van der Waals surface area contributed by atoms with Crippen LogP contribution >= 0.6 is 15.9 Å². The van der Waals surface area contributed by atoms with Gasteiger partial charge in [-0.2, -0.15) is 0 Å². The van der Waals surface area contributed by atoms with Gasteiger partial charge in [0.25, 0.3) is 0 Å². The normalized spacial score (nSPS) is 27.7. The minimum absolute atomic E-state index is 0.0859. The third kappa shape index (κ3) is 3.39. The van der Waals surface area contributed by atoms with E-state index < -0.39 is 5.60 Å². The van der Waals surface area contributed by atoms with Gasteiger partial charge in [0.15, 0.2) is 0 Å². The number of amides is 1. The van der Waals surface area contributed by atoms with E-state index >= 15 is 0 Å². The minimum atomic E-state index is -0.465. The van der Waals surface area contributed by atoms with Gasteiger partial charge in [-0.05, 0) is 62.8 Å². The zero-order chi connectivity index (χ0) is 17.8. The van der Waals surface area contributed by atoms with Crippen LogP contribution in [-0.2, 0) is 4.74 Å². The summed E-state index contributed by atoms with van der Waals surface area (Å²) in [6, 6.07) is 8.73. The number of piperidine rings is 1. The van der Waals surface area contributed by atoms with Gasteiger partial charge >= 0.3 is 6.09 Å². The molecule has 2 aliphatic heterocycles. The summed E-state index contributed by atoms with van der Waals surface area (Å²) in [5, 5.41) is 0. The van der Waals surface area contributed by atoms with Crippen LogP contribution in [0.4, 0.5) is 4.79 Å². The van der Waals surface area contributed by atoms with Gasteiger partial charge in [0.2, 0.25) is 0 Å². The van der Waals surface area contributed by atoms with Crippen LogP contribution in [0.3, 0.4) is 0 Å². The van der Waals surface area contributed by atoms with Crippen molar-refractivity contribution in [1.29, 1.82) is 0 Å². The first-order chi connectivity index (χ1) is 11.8. The number of hydrogen-bond acceptors (Lipinski definition) is 3. The molecule has 132 valence electrons. The third-order valence-corrected chi connectivity index (χ3v) is 5.59. The van der Waals surface area contributed by atoms with Crippen LogP contribution in [0, 0.1) is 5.92 Å². The van der Waals surface area contributed by atoms with E-state index in [9.17, 15) is 4.79 Å². The highest BCUT2D eigenvalue weighted by Gasteiger charge is 2.56. The van der Waals surface area contributed by atoms with E-state index in [1.165, 1.54) is 11.1 Å². The first-order valence-corrected chi connectivity index (χ1v) is 9.64. The lowest BCUT2D eigenvalue weighted by Gasteiger charge is -2.30. The second-order valence-electron chi connectivity index (χ2n) is 8.16. The van der Waals surface area contributed by atoms with Crippen molar-refractivity contribution in [3.05, 3.63) is 40.5 Å². The molecule has 1 aromatic rings. The molecule has 4 rings (SSSR count). The Bertz CT molecular complexity index is 761. The molecule has 1 amide bonds. The van der Waals surface area contributed by atoms with E-state index in [1.807, 2.05) is 44.0 Å². The van der Waals surface area contributed by atoms with E-state index in [1.54, 1.807) is 0 Å². The number of carbonyl (C=O) groups is 1. The number of fused-ring (bicyclic) bond motifs is 1. The summed E-state index contributed by atoms with van der Waals surface area (Å²) in [7, 11) is 0. The summed E-state index contributed by atoms with van der Waals surface area (Å²) in [5.41, 5.74) is 3.03. The third-order valence-electron chi connectivity index (χ3n) is 5.07. The lowest BCUT2D eigenvalue weighted by molar-refractivity contribution is 0.0230. The maximum absolute atomic E-state index is 12.7. The predicted molar refractivity (Wildman–Crippen MR) is 103 cm³/mol. The van der Waals surface area contributed by atoms with Gasteiger partial charge in [0.05, 0.1) is 6.04 Å². The Labute approximate surface area is 157 Å². The largest absolute Gasteiger partial charge is 0.444 e. The molecule has 0 unspecified atom stereocenters. The average molecular weight is 403 g/mol. The number of carbonyl (C=O) groups excluding carboxylic acids is 1. The standard InChI is InChI=1S/C20H23BrN2O2/c1-20(2,3)25-19(24)23-17-9-13(17)10-18(23)16-8-14(11-22-16)12-4-6-15(21)7-5-12/h4-7,11,13,17-18H,8-10H2,1-3H3/t13-,17-,18+/m1/s1. The van der Waals surface area contributed by atoms with Gasteiger partial charge in [-0.15, -0.1) is 0 Å². The van der Waals surface area contributed by atoms with E-state index in [4.69, 9.17) is 4.74 Å². The molecule has 1 aliphatic carbocycles. The van der Waals surface area contributed by atoms with E-state index in [0.29, 0.717) is 12.0 Å². The Morgan fingerprint density at radius 3 is 2.64 bits per heavy atom. The number of aliphatic imine (C=N–C) groups is 1. The molecule has 1 aromatic carbocycles. The molecule has 3 atom stereocenters. The van der Waals surface area contributed by atoms with Crippen LogP contribution in [0.25, 0.3) is 5.57 Å². The summed E-state index contributed by atoms with van der Waals surface area (Å²) < 4.78 is 6.72. The molecule has 0 spiro atoms. The second kappa shape index (κ2) is 5.97. The highest BCUT2D eigenvalue weighted by molar-refractivity contribution is 9.10. The van der Waals surface area contributed by atoms with Crippen molar-refractivity contribution in [2.24, 2.45) is 10.9 Å². The number of allylic oxidation sites excluding steroid dienone is 1. The van der Waals surface area contributed by atoms with Gasteiger partial charge in [-0.3, -0.25) is 9.89 Å². The number of nitrogens with zero attached hydrogens (tertiary/aromatic N) is 2. The van der Waals surface area contributed by atoms with Gasteiger partial charge in [-0.1, -0.05) is 28.1 Å². The summed E-state index contributed by atoms with van der Waals surface area (Å²) in [5.74, 6) is 0.622.